The lowest BCUT2D eigenvalue weighted by Crippen LogP contribution is -2.54. The van der Waals surface area contributed by atoms with Crippen LogP contribution in [-0.4, -0.2) is 95.1 Å². The van der Waals surface area contributed by atoms with Crippen molar-refractivity contribution >= 4 is 35.6 Å². The topological polar surface area (TPSA) is 175 Å². The molecule has 2 saturated heterocycles. The number of hydrogen-bond acceptors (Lipinski definition) is 8. The van der Waals surface area contributed by atoms with E-state index in [1.807, 2.05) is 76.2 Å². The molecule has 0 spiro atoms. The van der Waals surface area contributed by atoms with Crippen LogP contribution in [-0.2, 0) is 23.9 Å². The van der Waals surface area contributed by atoms with Crippen LogP contribution in [0.25, 0.3) is 33.5 Å². The molecular formula is C44H53N7O7. The first-order chi connectivity index (χ1) is 27.9. The molecule has 0 bridgehead atoms. The number of rotatable bonds is 12. The maximum absolute atomic E-state index is 13.5. The van der Waals surface area contributed by atoms with Gasteiger partial charge in [0.25, 0.3) is 0 Å². The predicted octanol–water partition coefficient (Wildman–Crippen LogP) is 6.76. The number of alkyl carbamates (subject to hydrolysis) is 2. The highest BCUT2D eigenvalue weighted by Gasteiger charge is 2.39. The fourth-order valence-electron chi connectivity index (χ4n) is 7.73. The molecule has 1 aromatic heterocycles. The quantitative estimate of drug-likeness (QED) is 0.122. The molecule has 2 fully saturated rings. The summed E-state index contributed by atoms with van der Waals surface area (Å²) in [4.78, 5) is 75.8. The van der Waals surface area contributed by atoms with Gasteiger partial charge in [-0.05, 0) is 77.5 Å². The fraction of sp³-hybridized carbons (Fsp3) is 0.409. The predicted molar refractivity (Wildman–Crippen MR) is 220 cm³/mol. The van der Waals surface area contributed by atoms with E-state index < -0.39 is 30.3 Å². The zero-order chi connectivity index (χ0) is 41.5. The largest absolute Gasteiger partial charge is 0.453 e. The number of carbonyl (C=O) groups excluding carboxylic acids is 5. The van der Waals surface area contributed by atoms with Gasteiger partial charge in [0.15, 0.2) is 0 Å². The molecule has 4 aromatic rings. The van der Waals surface area contributed by atoms with Crippen molar-refractivity contribution in [3.8, 4) is 33.5 Å². The summed E-state index contributed by atoms with van der Waals surface area (Å²) in [5.41, 5.74) is 6.42. The van der Waals surface area contributed by atoms with Gasteiger partial charge >= 0.3 is 12.2 Å². The van der Waals surface area contributed by atoms with Crippen LogP contribution in [0.5, 0.6) is 0 Å². The number of anilines is 1. The van der Waals surface area contributed by atoms with Crippen LogP contribution < -0.4 is 16.0 Å². The number of hydrogen-bond donors (Lipinski definition) is 4. The summed E-state index contributed by atoms with van der Waals surface area (Å²) in [7, 11) is 2.53. The summed E-state index contributed by atoms with van der Waals surface area (Å²) in [5.74, 6) is -0.305. The Kier molecular flexibility index (Phi) is 13.1. The molecular weight excluding hydrogens is 739 g/mol. The highest BCUT2D eigenvalue weighted by atomic mass is 16.5. The van der Waals surface area contributed by atoms with Gasteiger partial charge in [-0.2, -0.15) is 0 Å². The third-order valence-corrected chi connectivity index (χ3v) is 10.9. The maximum atomic E-state index is 13.5. The monoisotopic (exact) mass is 791 g/mol. The third kappa shape index (κ3) is 9.33. The lowest BCUT2D eigenvalue weighted by molar-refractivity contribution is -0.139. The van der Waals surface area contributed by atoms with Crippen LogP contribution in [0.15, 0.2) is 79.0 Å². The number of aromatic nitrogens is 2. The van der Waals surface area contributed by atoms with E-state index in [9.17, 15) is 24.0 Å². The van der Waals surface area contributed by atoms with Crippen molar-refractivity contribution in [2.24, 2.45) is 11.8 Å². The minimum Gasteiger partial charge on any atom is -0.453 e. The van der Waals surface area contributed by atoms with Crippen LogP contribution in [0.4, 0.5) is 15.3 Å². The number of likely N-dealkylation sites (tertiary alicyclic amines) is 2. The minimum absolute atomic E-state index is 0.112. The molecule has 2 aliphatic rings. The molecule has 14 heteroatoms. The van der Waals surface area contributed by atoms with Crippen molar-refractivity contribution < 1.29 is 33.4 Å². The summed E-state index contributed by atoms with van der Waals surface area (Å²) in [5, 5.41) is 8.31. The molecule has 4 unspecified atom stereocenters. The molecule has 58 heavy (non-hydrogen) atoms. The van der Waals surface area contributed by atoms with E-state index >= 15 is 0 Å². The summed E-state index contributed by atoms with van der Waals surface area (Å²) in [6, 6.07) is 21.7. The molecule has 306 valence electrons. The second kappa shape index (κ2) is 18.4. The molecule has 4 atom stereocenters. The van der Waals surface area contributed by atoms with Gasteiger partial charge in [-0.3, -0.25) is 14.4 Å². The van der Waals surface area contributed by atoms with Crippen molar-refractivity contribution in [3.05, 3.63) is 84.8 Å². The van der Waals surface area contributed by atoms with Gasteiger partial charge in [-0.1, -0.05) is 88.4 Å². The van der Waals surface area contributed by atoms with Crippen molar-refractivity contribution in [1.82, 2.24) is 30.4 Å². The smallest absolute Gasteiger partial charge is 0.407 e. The van der Waals surface area contributed by atoms with Crippen LogP contribution >= 0.6 is 0 Å². The minimum atomic E-state index is -0.800. The summed E-state index contributed by atoms with van der Waals surface area (Å²) < 4.78 is 9.46. The molecule has 0 aliphatic carbocycles. The highest BCUT2D eigenvalue weighted by molar-refractivity contribution is 5.99. The van der Waals surface area contributed by atoms with E-state index in [2.05, 4.69) is 50.2 Å². The second-order valence-corrected chi connectivity index (χ2v) is 15.5. The van der Waals surface area contributed by atoms with E-state index in [1.54, 1.807) is 16.0 Å². The third-order valence-electron chi connectivity index (χ3n) is 10.9. The maximum Gasteiger partial charge on any atom is 0.407 e. The van der Waals surface area contributed by atoms with Crippen LogP contribution in [0.3, 0.4) is 0 Å². The molecule has 6 rings (SSSR count). The van der Waals surface area contributed by atoms with Gasteiger partial charge < -0.3 is 40.2 Å². The van der Waals surface area contributed by atoms with Gasteiger partial charge in [-0.15, -0.1) is 0 Å². The van der Waals surface area contributed by atoms with Crippen molar-refractivity contribution in [1.29, 1.82) is 0 Å². The second-order valence-electron chi connectivity index (χ2n) is 15.5. The molecule has 5 amide bonds. The Labute approximate surface area is 339 Å². The lowest BCUT2D eigenvalue weighted by Gasteiger charge is -2.30. The number of carbonyl (C=O) groups is 5. The van der Waals surface area contributed by atoms with Crippen LogP contribution in [0, 0.1) is 11.8 Å². The first kappa shape index (κ1) is 41.5. The molecule has 14 nitrogen and oxygen atoms in total. The van der Waals surface area contributed by atoms with Gasteiger partial charge in [0.1, 0.15) is 23.9 Å². The highest BCUT2D eigenvalue weighted by Crippen LogP contribution is 2.34. The van der Waals surface area contributed by atoms with E-state index in [1.165, 1.54) is 14.2 Å². The molecule has 0 saturated carbocycles. The van der Waals surface area contributed by atoms with Gasteiger partial charge in [0, 0.05) is 18.8 Å². The number of methoxy groups -OCH3 is 2. The zero-order valence-electron chi connectivity index (χ0n) is 33.9. The number of nitrogens with one attached hydrogen (secondary N) is 4. The van der Waals surface area contributed by atoms with Crippen molar-refractivity contribution in [3.63, 3.8) is 0 Å². The number of benzene rings is 3. The Morgan fingerprint density at radius 1 is 0.690 bits per heavy atom. The van der Waals surface area contributed by atoms with Crippen LogP contribution in [0.1, 0.15) is 65.2 Å². The van der Waals surface area contributed by atoms with E-state index in [-0.39, 0.29) is 35.6 Å². The Morgan fingerprint density at radius 3 is 1.78 bits per heavy atom. The summed E-state index contributed by atoms with van der Waals surface area (Å²) in [6.45, 7) is 8.49. The fourth-order valence-corrected chi connectivity index (χ4v) is 7.73. The molecule has 4 N–H and O–H groups in total. The number of aromatic amines is 1. The Balaban J connectivity index is 1.09. The van der Waals surface area contributed by atoms with Crippen molar-refractivity contribution in [2.75, 3.05) is 32.6 Å². The average Bonchev–Trinajstić information content (AvgIpc) is 4.03. The van der Waals surface area contributed by atoms with Crippen LogP contribution in [0.2, 0.25) is 0 Å². The number of H-pyrrole nitrogens is 1. The standard InChI is InChI=1S/C44H53N7O7/c1-26(2)37(48-43(55)57-5)41(53)50-22-8-12-35(50)39-45-25-34(47-39)31-20-18-29(19-21-31)28-14-16-30(17-15-28)32-10-7-11-33(24-32)46-40(52)36-13-9-23-51(36)42(54)38(27(3)4)49-44(56)58-6/h7,10-11,14-21,24-27,35-38H,8-9,12-13,22-23H2,1-6H3,(H,45,47)(H,46,52)(H,48,55)(H,49,56). The lowest BCUT2D eigenvalue weighted by atomic mass is 9.99. The van der Waals surface area contributed by atoms with Gasteiger partial charge in [0.2, 0.25) is 17.7 Å². The van der Waals surface area contributed by atoms with E-state index in [0.29, 0.717) is 37.4 Å². The average molecular weight is 792 g/mol. The van der Waals surface area contributed by atoms with Gasteiger partial charge in [-0.25, -0.2) is 14.6 Å². The SMILES string of the molecule is COC(=O)NC(C(=O)N1CCCC1C(=O)Nc1cccc(-c2ccc(-c3ccc(-c4cnc(C5CCCN5C(=O)C(NC(=O)OC)C(C)C)[nH]4)cc3)cc2)c1)C(C)C. The first-order valence-corrected chi connectivity index (χ1v) is 19.9. The summed E-state index contributed by atoms with van der Waals surface area (Å²) >= 11 is 0. The van der Waals surface area contributed by atoms with E-state index in [4.69, 9.17) is 9.47 Å². The Morgan fingerprint density at radius 2 is 1.21 bits per heavy atom. The number of amides is 5. The van der Waals surface area contributed by atoms with Gasteiger partial charge in [0.05, 0.1) is 32.2 Å². The Bertz CT molecular complexity index is 2100. The van der Waals surface area contributed by atoms with E-state index in [0.717, 1.165) is 46.4 Å². The number of imidazole rings is 1. The van der Waals surface area contributed by atoms with Crippen molar-refractivity contribution in [2.45, 2.75) is 77.5 Å². The molecule has 0 radical (unpaired) electrons. The molecule has 3 heterocycles. The number of nitrogens with zero attached hydrogens (tertiary/aromatic N) is 3. The first-order valence-electron chi connectivity index (χ1n) is 19.9. The molecule has 2 aliphatic heterocycles. The number of ether oxygens (including phenoxy) is 2. The zero-order valence-corrected chi connectivity index (χ0v) is 33.9. The molecule has 3 aromatic carbocycles. The normalized spacial score (nSPS) is 17.5. The Hall–Kier alpha value is -6.18. The summed E-state index contributed by atoms with van der Waals surface area (Å²) in [6.07, 6.45) is 3.31.